The number of benzene rings is 1. The fourth-order valence-electron chi connectivity index (χ4n) is 1.52. The van der Waals surface area contributed by atoms with E-state index < -0.39 is 0 Å². The van der Waals surface area contributed by atoms with Gasteiger partial charge in [-0.2, -0.15) is 0 Å². The molecule has 0 saturated heterocycles. The lowest BCUT2D eigenvalue weighted by molar-refractivity contribution is 0.287. The van der Waals surface area contributed by atoms with Crippen LogP contribution < -0.4 is 9.57 Å². The Balaban J connectivity index is 2.77. The third kappa shape index (κ3) is 4.21. The van der Waals surface area contributed by atoms with E-state index in [-0.39, 0.29) is 11.5 Å². The van der Waals surface area contributed by atoms with Gasteiger partial charge in [0, 0.05) is 0 Å². The van der Waals surface area contributed by atoms with Gasteiger partial charge < -0.3 is 4.74 Å². The molecule has 1 aromatic carbocycles. The number of ether oxygens (including phenoxy) is 1. The van der Waals surface area contributed by atoms with Crippen LogP contribution in [0.15, 0.2) is 18.2 Å². The summed E-state index contributed by atoms with van der Waals surface area (Å²) in [6.45, 7) is 11.2. The predicted molar refractivity (Wildman–Crippen MR) is 73.8 cm³/mol. The van der Waals surface area contributed by atoms with Crippen LogP contribution in [0.2, 0.25) is 0 Å². The van der Waals surface area contributed by atoms with E-state index in [2.05, 4.69) is 44.7 Å². The quantitative estimate of drug-likeness (QED) is 0.827. The maximum absolute atomic E-state index is 5.71. The van der Waals surface area contributed by atoms with Crippen LogP contribution in [0.3, 0.4) is 0 Å². The third-order valence-electron chi connectivity index (χ3n) is 2.72. The smallest absolute Gasteiger partial charge is 0.122 e. The summed E-state index contributed by atoms with van der Waals surface area (Å²) in [5.41, 5.74) is 2.67. The fraction of sp³-hybridized carbons (Fsp3) is 0.571. The van der Waals surface area contributed by atoms with E-state index in [9.17, 15) is 0 Å². The molecule has 0 amide bonds. The topological polar surface area (TPSA) is 21.3 Å². The summed E-state index contributed by atoms with van der Waals surface area (Å²) in [5.74, 6) is 0.928. The maximum Gasteiger partial charge on any atom is 0.122 e. The van der Waals surface area contributed by atoms with Gasteiger partial charge in [-0.3, -0.25) is 0 Å². The minimum atomic E-state index is 0.137. The molecule has 0 fully saturated rings. The molecule has 0 saturated carbocycles. The summed E-state index contributed by atoms with van der Waals surface area (Å²) in [5, 5.41) is 0. The molecule has 1 N–H and O–H groups in total. The van der Waals surface area contributed by atoms with Gasteiger partial charge in [0.25, 0.3) is 0 Å². The third-order valence-corrected chi connectivity index (χ3v) is 3.09. The molecular formula is C14H22ClNO. The Morgan fingerprint density at radius 3 is 2.47 bits per heavy atom. The largest absolute Gasteiger partial charge is 0.492 e. The van der Waals surface area contributed by atoms with Crippen molar-refractivity contribution in [2.24, 2.45) is 0 Å². The summed E-state index contributed by atoms with van der Waals surface area (Å²) in [7, 11) is 0. The van der Waals surface area contributed by atoms with Gasteiger partial charge in [0.15, 0.2) is 0 Å². The second kappa shape index (κ2) is 5.74. The Morgan fingerprint density at radius 2 is 2.00 bits per heavy atom. The minimum absolute atomic E-state index is 0.137. The summed E-state index contributed by atoms with van der Waals surface area (Å²) >= 11 is 5.51. The van der Waals surface area contributed by atoms with Crippen LogP contribution in [-0.2, 0) is 5.41 Å². The molecule has 3 heteroatoms. The highest BCUT2D eigenvalue weighted by Crippen LogP contribution is 2.27. The van der Waals surface area contributed by atoms with Crippen LogP contribution in [0.5, 0.6) is 5.75 Å². The van der Waals surface area contributed by atoms with Crippen molar-refractivity contribution >= 4 is 11.8 Å². The van der Waals surface area contributed by atoms with Gasteiger partial charge in [0.05, 0.1) is 6.04 Å². The molecule has 17 heavy (non-hydrogen) atoms. The summed E-state index contributed by atoms with van der Waals surface area (Å²) in [6.07, 6.45) is 0. The number of halogens is 1. The molecule has 0 bridgehead atoms. The number of hydrogen-bond donors (Lipinski definition) is 1. The molecule has 96 valence electrons. The van der Waals surface area contributed by atoms with E-state index in [4.69, 9.17) is 16.5 Å². The molecule has 0 aromatic heterocycles. The summed E-state index contributed by atoms with van der Waals surface area (Å²) < 4.78 is 5.71. The molecule has 0 aliphatic rings. The zero-order valence-corrected chi connectivity index (χ0v) is 12.1. The molecule has 2 nitrogen and oxygen atoms in total. The van der Waals surface area contributed by atoms with Gasteiger partial charge in [-0.25, -0.2) is 4.84 Å². The van der Waals surface area contributed by atoms with E-state index in [1.54, 1.807) is 0 Å². The normalized spacial score (nSPS) is 13.5. The Morgan fingerprint density at radius 1 is 1.35 bits per heavy atom. The minimum Gasteiger partial charge on any atom is -0.492 e. The first kappa shape index (κ1) is 14.3. The monoisotopic (exact) mass is 255 g/mol. The highest BCUT2D eigenvalue weighted by Gasteiger charge is 2.14. The van der Waals surface area contributed by atoms with Crippen molar-refractivity contribution in [2.45, 2.75) is 46.1 Å². The SMILES string of the molecule is Cc1cc(C(C)(C)C)ccc1OCC(C)NCl. The molecule has 1 rings (SSSR count). The molecular weight excluding hydrogens is 234 g/mol. The molecule has 0 heterocycles. The summed E-state index contributed by atoms with van der Waals surface area (Å²) in [4.78, 5) is 2.64. The van der Waals surface area contributed by atoms with E-state index in [0.717, 1.165) is 5.75 Å². The van der Waals surface area contributed by atoms with Crippen LogP contribution in [0.25, 0.3) is 0 Å². The van der Waals surface area contributed by atoms with Crippen LogP contribution in [0.1, 0.15) is 38.8 Å². The molecule has 1 aromatic rings. The Labute approximate surface area is 109 Å². The molecule has 1 atom stereocenters. The first-order valence-electron chi connectivity index (χ1n) is 5.94. The number of hydrogen-bond acceptors (Lipinski definition) is 2. The molecule has 0 radical (unpaired) electrons. The van der Waals surface area contributed by atoms with E-state index in [1.165, 1.54) is 11.1 Å². The maximum atomic E-state index is 5.71. The van der Waals surface area contributed by atoms with Gasteiger partial charge in [0.2, 0.25) is 0 Å². The first-order chi connectivity index (χ1) is 7.84. The highest BCUT2D eigenvalue weighted by atomic mass is 35.5. The van der Waals surface area contributed by atoms with Crippen molar-refractivity contribution in [3.05, 3.63) is 29.3 Å². The number of aryl methyl sites for hydroxylation is 1. The van der Waals surface area contributed by atoms with Crippen LogP contribution in [0.4, 0.5) is 0 Å². The lowest BCUT2D eigenvalue weighted by Gasteiger charge is -2.21. The second-order valence-corrected chi connectivity index (χ2v) is 5.77. The molecule has 0 spiro atoms. The van der Waals surface area contributed by atoms with Crippen molar-refractivity contribution < 1.29 is 4.74 Å². The van der Waals surface area contributed by atoms with Gasteiger partial charge in [0.1, 0.15) is 12.4 Å². The van der Waals surface area contributed by atoms with Crippen molar-refractivity contribution in [2.75, 3.05) is 6.61 Å². The van der Waals surface area contributed by atoms with Gasteiger partial charge in [-0.05, 0) is 48.2 Å². The van der Waals surface area contributed by atoms with E-state index in [1.807, 2.05) is 13.0 Å². The fourth-order valence-corrected chi connectivity index (χ4v) is 1.59. The van der Waals surface area contributed by atoms with Crippen molar-refractivity contribution in [1.82, 2.24) is 4.84 Å². The van der Waals surface area contributed by atoms with Gasteiger partial charge in [-0.1, -0.05) is 32.9 Å². The van der Waals surface area contributed by atoms with E-state index in [0.29, 0.717) is 6.61 Å². The lowest BCUT2D eigenvalue weighted by atomic mass is 9.86. The van der Waals surface area contributed by atoms with Gasteiger partial charge >= 0.3 is 0 Å². The van der Waals surface area contributed by atoms with E-state index >= 15 is 0 Å². The molecule has 0 aliphatic heterocycles. The molecule has 1 unspecified atom stereocenters. The Kier molecular flexibility index (Phi) is 4.84. The Hall–Kier alpha value is -0.730. The van der Waals surface area contributed by atoms with Crippen LogP contribution >= 0.6 is 11.8 Å². The van der Waals surface area contributed by atoms with Crippen molar-refractivity contribution in [3.63, 3.8) is 0 Å². The second-order valence-electron chi connectivity index (χ2n) is 5.55. The van der Waals surface area contributed by atoms with Crippen molar-refractivity contribution in [1.29, 1.82) is 0 Å². The zero-order chi connectivity index (χ0) is 13.1. The number of rotatable bonds is 4. The Bertz CT molecular complexity index is 371. The van der Waals surface area contributed by atoms with Gasteiger partial charge in [-0.15, -0.1) is 0 Å². The first-order valence-corrected chi connectivity index (χ1v) is 6.32. The van der Waals surface area contributed by atoms with Crippen molar-refractivity contribution in [3.8, 4) is 5.75 Å². The summed E-state index contributed by atoms with van der Waals surface area (Å²) in [6, 6.07) is 6.49. The highest BCUT2D eigenvalue weighted by molar-refractivity contribution is 6.13. The lowest BCUT2D eigenvalue weighted by Crippen LogP contribution is -2.24. The van der Waals surface area contributed by atoms with Crippen LogP contribution in [-0.4, -0.2) is 12.6 Å². The average molecular weight is 256 g/mol. The predicted octanol–water partition coefficient (Wildman–Crippen LogP) is 3.80. The molecule has 0 aliphatic carbocycles. The van der Waals surface area contributed by atoms with Crippen LogP contribution in [0, 0.1) is 6.92 Å². The average Bonchev–Trinajstić information content (AvgIpc) is 2.25. The zero-order valence-electron chi connectivity index (χ0n) is 11.3. The number of nitrogens with one attached hydrogen (secondary N) is 1. The standard InChI is InChI=1S/C14H22ClNO/c1-10-8-12(14(3,4)5)6-7-13(10)17-9-11(2)16-15/h6-8,11,16H,9H2,1-5H3.